The van der Waals surface area contributed by atoms with Crippen molar-refractivity contribution in [3.8, 4) is 0 Å². The quantitative estimate of drug-likeness (QED) is 0.791. The normalized spacial score (nSPS) is 17.2. The van der Waals surface area contributed by atoms with Crippen molar-refractivity contribution in [2.45, 2.75) is 32.4 Å². The molecule has 0 aromatic heterocycles. The van der Waals surface area contributed by atoms with E-state index in [1.165, 1.54) is 43.5 Å². The Kier molecular flexibility index (Phi) is 4.98. The monoisotopic (exact) mass is 234 g/mol. The maximum absolute atomic E-state index is 4.84. The van der Waals surface area contributed by atoms with Gasteiger partial charge >= 0.3 is 0 Å². The maximum Gasteiger partial charge on any atom is 0.0572 e. The summed E-state index contributed by atoms with van der Waals surface area (Å²) in [6.45, 7) is 4.37. The van der Waals surface area contributed by atoms with Gasteiger partial charge in [-0.05, 0) is 37.1 Å². The largest absolute Gasteiger partial charge is 0.305 e. The summed E-state index contributed by atoms with van der Waals surface area (Å²) in [4.78, 5) is 7.39. The summed E-state index contributed by atoms with van der Waals surface area (Å²) in [7, 11) is 1.64. The van der Waals surface area contributed by atoms with Crippen LogP contribution in [0.5, 0.6) is 0 Å². The summed E-state index contributed by atoms with van der Waals surface area (Å²) in [5.41, 5.74) is 5.52. The number of rotatable bonds is 5. The van der Waals surface area contributed by atoms with Crippen molar-refractivity contribution in [1.82, 2.24) is 10.4 Å². The first-order chi connectivity index (χ1) is 8.38. The van der Waals surface area contributed by atoms with Crippen LogP contribution in [0.3, 0.4) is 0 Å². The fourth-order valence-corrected chi connectivity index (χ4v) is 2.29. The van der Waals surface area contributed by atoms with E-state index < -0.39 is 0 Å². The Balaban J connectivity index is 1.84. The van der Waals surface area contributed by atoms with Crippen molar-refractivity contribution in [3.05, 3.63) is 35.4 Å². The van der Waals surface area contributed by atoms with E-state index in [2.05, 4.69) is 34.6 Å². The van der Waals surface area contributed by atoms with Crippen molar-refractivity contribution in [2.24, 2.45) is 0 Å². The Bertz CT molecular complexity index is 317. The third kappa shape index (κ3) is 4.11. The SMILES string of the molecule is CONCc1ccc(CN2CCCCC2)cc1. The standard InChI is InChI=1S/C14H22N2O/c1-17-15-11-13-5-7-14(8-6-13)12-16-9-3-2-4-10-16/h5-8,15H,2-4,9-12H2,1H3. The number of likely N-dealkylation sites (tertiary alicyclic amines) is 1. The molecule has 0 radical (unpaired) electrons. The van der Waals surface area contributed by atoms with Crippen LogP contribution in [-0.2, 0) is 17.9 Å². The molecule has 1 fully saturated rings. The molecule has 1 aliphatic rings. The van der Waals surface area contributed by atoms with Crippen LogP contribution < -0.4 is 5.48 Å². The van der Waals surface area contributed by atoms with Gasteiger partial charge in [-0.15, -0.1) is 0 Å². The minimum Gasteiger partial charge on any atom is -0.305 e. The van der Waals surface area contributed by atoms with Crippen LogP contribution in [-0.4, -0.2) is 25.1 Å². The van der Waals surface area contributed by atoms with Gasteiger partial charge in [0, 0.05) is 13.1 Å². The van der Waals surface area contributed by atoms with E-state index in [1.54, 1.807) is 7.11 Å². The number of piperidine rings is 1. The molecule has 0 atom stereocenters. The third-order valence-electron chi connectivity index (χ3n) is 3.30. The third-order valence-corrected chi connectivity index (χ3v) is 3.30. The lowest BCUT2D eigenvalue weighted by Gasteiger charge is -2.26. The number of hydrogen-bond donors (Lipinski definition) is 1. The van der Waals surface area contributed by atoms with Gasteiger partial charge in [0.1, 0.15) is 0 Å². The van der Waals surface area contributed by atoms with E-state index in [4.69, 9.17) is 4.84 Å². The first-order valence-electron chi connectivity index (χ1n) is 6.44. The number of benzene rings is 1. The second-order valence-electron chi connectivity index (χ2n) is 4.68. The topological polar surface area (TPSA) is 24.5 Å². The van der Waals surface area contributed by atoms with Crippen molar-refractivity contribution in [3.63, 3.8) is 0 Å². The molecular formula is C14H22N2O. The van der Waals surface area contributed by atoms with Gasteiger partial charge in [-0.3, -0.25) is 4.90 Å². The fraction of sp³-hybridized carbons (Fsp3) is 0.571. The fourth-order valence-electron chi connectivity index (χ4n) is 2.29. The van der Waals surface area contributed by atoms with Crippen LogP contribution in [0, 0.1) is 0 Å². The summed E-state index contributed by atoms with van der Waals surface area (Å²) in [5.74, 6) is 0. The highest BCUT2D eigenvalue weighted by atomic mass is 16.6. The second-order valence-corrected chi connectivity index (χ2v) is 4.68. The first kappa shape index (κ1) is 12.6. The molecule has 1 aromatic carbocycles. The molecule has 1 aliphatic heterocycles. The van der Waals surface area contributed by atoms with Gasteiger partial charge < -0.3 is 4.84 Å². The summed E-state index contributed by atoms with van der Waals surface area (Å²) in [6, 6.07) is 8.79. The lowest BCUT2D eigenvalue weighted by molar-refractivity contribution is 0.0867. The highest BCUT2D eigenvalue weighted by Gasteiger charge is 2.09. The highest BCUT2D eigenvalue weighted by Crippen LogP contribution is 2.13. The predicted octanol–water partition coefficient (Wildman–Crippen LogP) is 2.32. The number of hydrogen-bond acceptors (Lipinski definition) is 3. The second kappa shape index (κ2) is 6.74. The maximum atomic E-state index is 4.84. The summed E-state index contributed by atoms with van der Waals surface area (Å²) >= 11 is 0. The van der Waals surface area contributed by atoms with Crippen LogP contribution in [0.25, 0.3) is 0 Å². The minimum atomic E-state index is 0.764. The Morgan fingerprint density at radius 3 is 2.35 bits per heavy atom. The van der Waals surface area contributed by atoms with Crippen molar-refractivity contribution in [1.29, 1.82) is 0 Å². The zero-order valence-electron chi connectivity index (χ0n) is 10.6. The summed E-state index contributed by atoms with van der Waals surface area (Å²) < 4.78 is 0. The van der Waals surface area contributed by atoms with Gasteiger partial charge in [0.15, 0.2) is 0 Å². The molecule has 3 heteroatoms. The van der Waals surface area contributed by atoms with Crippen LogP contribution >= 0.6 is 0 Å². The molecule has 0 aliphatic carbocycles. The van der Waals surface area contributed by atoms with E-state index in [0.717, 1.165) is 13.1 Å². The Morgan fingerprint density at radius 2 is 1.71 bits per heavy atom. The zero-order chi connectivity index (χ0) is 11.9. The molecule has 0 bridgehead atoms. The molecule has 2 rings (SSSR count). The van der Waals surface area contributed by atoms with Crippen LogP contribution in [0.2, 0.25) is 0 Å². The molecule has 1 N–H and O–H groups in total. The Hall–Kier alpha value is -0.900. The Morgan fingerprint density at radius 1 is 1.06 bits per heavy atom. The zero-order valence-corrected chi connectivity index (χ0v) is 10.6. The van der Waals surface area contributed by atoms with Gasteiger partial charge in [-0.25, -0.2) is 0 Å². The van der Waals surface area contributed by atoms with Gasteiger partial charge in [0.25, 0.3) is 0 Å². The lowest BCUT2D eigenvalue weighted by Crippen LogP contribution is -2.29. The van der Waals surface area contributed by atoms with Crippen LogP contribution in [0.4, 0.5) is 0 Å². The summed E-state index contributed by atoms with van der Waals surface area (Å²) in [5, 5.41) is 0. The van der Waals surface area contributed by atoms with Crippen molar-refractivity contribution >= 4 is 0 Å². The van der Waals surface area contributed by atoms with Crippen molar-refractivity contribution in [2.75, 3.05) is 20.2 Å². The van der Waals surface area contributed by atoms with Crippen LogP contribution in [0.1, 0.15) is 30.4 Å². The smallest absolute Gasteiger partial charge is 0.0572 e. The average molecular weight is 234 g/mol. The molecule has 0 saturated carbocycles. The van der Waals surface area contributed by atoms with E-state index in [1.807, 2.05) is 0 Å². The number of nitrogens with one attached hydrogen (secondary N) is 1. The first-order valence-corrected chi connectivity index (χ1v) is 6.44. The van der Waals surface area contributed by atoms with E-state index in [9.17, 15) is 0 Å². The predicted molar refractivity (Wildman–Crippen MR) is 69.4 cm³/mol. The average Bonchev–Trinajstić information content (AvgIpc) is 2.39. The molecule has 0 amide bonds. The molecule has 94 valence electrons. The molecule has 1 aromatic rings. The van der Waals surface area contributed by atoms with Crippen LogP contribution in [0.15, 0.2) is 24.3 Å². The van der Waals surface area contributed by atoms with E-state index in [0.29, 0.717) is 0 Å². The van der Waals surface area contributed by atoms with Crippen molar-refractivity contribution < 1.29 is 4.84 Å². The highest BCUT2D eigenvalue weighted by molar-refractivity contribution is 5.22. The number of hydroxylamine groups is 1. The van der Waals surface area contributed by atoms with Gasteiger partial charge in [-0.2, -0.15) is 5.48 Å². The Labute approximate surface area is 104 Å². The summed E-state index contributed by atoms with van der Waals surface area (Å²) in [6.07, 6.45) is 4.11. The van der Waals surface area contributed by atoms with Gasteiger partial charge in [0.2, 0.25) is 0 Å². The molecule has 1 saturated heterocycles. The lowest BCUT2D eigenvalue weighted by atomic mass is 10.1. The van der Waals surface area contributed by atoms with Gasteiger partial charge in [-0.1, -0.05) is 30.7 Å². The molecular weight excluding hydrogens is 212 g/mol. The minimum absolute atomic E-state index is 0.764. The molecule has 0 spiro atoms. The van der Waals surface area contributed by atoms with E-state index >= 15 is 0 Å². The van der Waals surface area contributed by atoms with Gasteiger partial charge in [0.05, 0.1) is 7.11 Å². The molecule has 1 heterocycles. The molecule has 0 unspecified atom stereocenters. The molecule has 3 nitrogen and oxygen atoms in total. The number of nitrogens with zero attached hydrogens (tertiary/aromatic N) is 1. The van der Waals surface area contributed by atoms with E-state index in [-0.39, 0.29) is 0 Å². The molecule has 17 heavy (non-hydrogen) atoms.